The summed E-state index contributed by atoms with van der Waals surface area (Å²) in [4.78, 5) is 24.6. The Hall–Kier alpha value is -2.63. The highest BCUT2D eigenvalue weighted by atomic mass is 32.2. The van der Waals surface area contributed by atoms with Crippen LogP contribution in [0.3, 0.4) is 0 Å². The number of furan rings is 1. The second-order valence-electron chi connectivity index (χ2n) is 8.50. The lowest BCUT2D eigenvalue weighted by Gasteiger charge is -2.21. The molecule has 2 heterocycles. The van der Waals surface area contributed by atoms with Crippen molar-refractivity contribution in [3.63, 3.8) is 0 Å². The second kappa shape index (κ2) is 8.05. The highest BCUT2D eigenvalue weighted by Crippen LogP contribution is 2.45. The molecule has 11 heteroatoms. The second-order valence-corrected chi connectivity index (χ2v) is 11.7. The fourth-order valence-electron chi connectivity index (χ4n) is 3.40. The molecule has 0 aliphatic heterocycles. The molecular weight excluding hydrogens is 454 g/mol. The van der Waals surface area contributed by atoms with Gasteiger partial charge in [-0.2, -0.15) is 0 Å². The monoisotopic (exact) mass is 479 g/mol. The maximum absolute atomic E-state index is 12.3. The summed E-state index contributed by atoms with van der Waals surface area (Å²) in [5.41, 5.74) is -0.186. The molecule has 0 radical (unpaired) electrons. The van der Waals surface area contributed by atoms with E-state index in [0.29, 0.717) is 11.7 Å². The van der Waals surface area contributed by atoms with Gasteiger partial charge in [0.2, 0.25) is 0 Å². The van der Waals surface area contributed by atoms with Gasteiger partial charge in [0, 0.05) is 19.5 Å². The first-order valence-electron chi connectivity index (χ1n) is 10.2. The molecule has 2 aromatic heterocycles. The molecule has 1 saturated carbocycles. The molecule has 1 aliphatic rings. The van der Waals surface area contributed by atoms with Gasteiger partial charge >= 0.3 is 0 Å². The van der Waals surface area contributed by atoms with Gasteiger partial charge in [0.1, 0.15) is 17.1 Å². The SMILES string of the molecule is CC(C)c1coc([C@H](Nc2c(Nc3csc(S(=O)(=O)N(C)C)c3O)c(=O)c2=O)C2CC2)c1. The quantitative estimate of drug-likeness (QED) is 0.399. The summed E-state index contributed by atoms with van der Waals surface area (Å²) in [5.74, 6) is 0.789. The van der Waals surface area contributed by atoms with Crippen molar-refractivity contribution < 1.29 is 17.9 Å². The zero-order valence-electron chi connectivity index (χ0n) is 18.1. The summed E-state index contributed by atoms with van der Waals surface area (Å²) >= 11 is 0.826. The standard InChI is InChI=1S/C21H25N3O6S2/c1-10(2)12-7-14(30-8-12)15(11-5-6-11)23-17-16(19(26)20(17)27)22-13-9-31-21(18(13)25)32(28,29)24(3)4/h7-11,15,22-23,25H,5-6H2,1-4H3/t15-/m1/s1. The molecule has 0 amide bonds. The van der Waals surface area contributed by atoms with E-state index in [-0.39, 0.29) is 33.2 Å². The average molecular weight is 480 g/mol. The van der Waals surface area contributed by atoms with Crippen molar-refractivity contribution in [2.24, 2.45) is 5.92 Å². The Balaban J connectivity index is 1.61. The van der Waals surface area contributed by atoms with E-state index < -0.39 is 26.6 Å². The van der Waals surface area contributed by atoms with Crippen LogP contribution >= 0.6 is 11.3 Å². The number of nitrogens with zero attached hydrogens (tertiary/aromatic N) is 1. The Bertz CT molecular complexity index is 1320. The topological polar surface area (TPSA) is 129 Å². The van der Waals surface area contributed by atoms with E-state index >= 15 is 0 Å². The fourth-order valence-corrected chi connectivity index (χ4v) is 5.78. The van der Waals surface area contributed by atoms with Gasteiger partial charge in [-0.1, -0.05) is 13.8 Å². The Morgan fingerprint density at radius 2 is 1.84 bits per heavy atom. The highest BCUT2D eigenvalue weighted by Gasteiger charge is 2.37. The summed E-state index contributed by atoms with van der Waals surface area (Å²) in [5, 5.41) is 17.7. The first-order valence-corrected chi connectivity index (χ1v) is 12.5. The number of rotatable bonds is 9. The molecule has 1 atom stereocenters. The Morgan fingerprint density at radius 3 is 2.41 bits per heavy atom. The molecule has 172 valence electrons. The van der Waals surface area contributed by atoms with E-state index in [1.165, 1.54) is 19.5 Å². The fraction of sp³-hybridized carbons (Fsp3) is 0.429. The maximum Gasteiger partial charge on any atom is 0.255 e. The zero-order chi connectivity index (χ0) is 23.4. The molecule has 3 N–H and O–H groups in total. The van der Waals surface area contributed by atoms with Crippen LogP contribution in [0.15, 0.2) is 35.9 Å². The summed E-state index contributed by atoms with van der Waals surface area (Å²) in [6, 6.07) is 1.70. The predicted molar refractivity (Wildman–Crippen MR) is 123 cm³/mol. The van der Waals surface area contributed by atoms with Crippen LogP contribution in [-0.4, -0.2) is 31.9 Å². The van der Waals surface area contributed by atoms with Crippen molar-refractivity contribution >= 4 is 38.4 Å². The van der Waals surface area contributed by atoms with Gasteiger partial charge in [0.15, 0.2) is 9.96 Å². The van der Waals surface area contributed by atoms with Crippen molar-refractivity contribution in [2.75, 3.05) is 24.7 Å². The van der Waals surface area contributed by atoms with Crippen LogP contribution < -0.4 is 21.5 Å². The molecule has 0 spiro atoms. The van der Waals surface area contributed by atoms with Crippen molar-refractivity contribution in [3.05, 3.63) is 49.5 Å². The largest absolute Gasteiger partial charge is 0.504 e. The zero-order valence-corrected chi connectivity index (χ0v) is 19.8. The molecule has 32 heavy (non-hydrogen) atoms. The first kappa shape index (κ1) is 22.6. The maximum atomic E-state index is 12.3. The number of aromatic hydroxyl groups is 1. The van der Waals surface area contributed by atoms with Crippen molar-refractivity contribution in [3.8, 4) is 5.75 Å². The van der Waals surface area contributed by atoms with Crippen LogP contribution in [0.5, 0.6) is 5.75 Å². The van der Waals surface area contributed by atoms with Gasteiger partial charge in [-0.05, 0) is 36.3 Å². The lowest BCUT2D eigenvalue weighted by molar-refractivity contribution is 0.457. The van der Waals surface area contributed by atoms with Gasteiger partial charge in [-0.3, -0.25) is 9.59 Å². The third-order valence-corrected chi connectivity index (χ3v) is 8.93. The normalized spacial score (nSPS) is 15.6. The summed E-state index contributed by atoms with van der Waals surface area (Å²) in [6.07, 6.45) is 3.66. The molecule has 4 rings (SSSR count). The smallest absolute Gasteiger partial charge is 0.255 e. The Labute approximate surface area is 189 Å². The van der Waals surface area contributed by atoms with Gasteiger partial charge in [0.25, 0.3) is 20.9 Å². The number of hydrogen-bond acceptors (Lipinski definition) is 9. The third-order valence-electron chi connectivity index (χ3n) is 5.62. The summed E-state index contributed by atoms with van der Waals surface area (Å²) < 4.78 is 31.2. The molecule has 0 saturated heterocycles. The van der Waals surface area contributed by atoms with Crippen LogP contribution in [0, 0.1) is 5.92 Å². The lowest BCUT2D eigenvalue weighted by atomic mass is 10.0. The van der Waals surface area contributed by atoms with Gasteiger partial charge in [0.05, 0.1) is 18.0 Å². The van der Waals surface area contributed by atoms with Crippen LogP contribution in [0.2, 0.25) is 0 Å². The Morgan fingerprint density at radius 1 is 1.19 bits per heavy atom. The van der Waals surface area contributed by atoms with Crippen molar-refractivity contribution in [1.82, 2.24) is 4.31 Å². The number of thiophene rings is 1. The molecule has 0 unspecified atom stereocenters. The molecule has 0 bridgehead atoms. The van der Waals surface area contributed by atoms with Crippen molar-refractivity contribution in [2.45, 2.75) is 42.9 Å². The summed E-state index contributed by atoms with van der Waals surface area (Å²) in [7, 11) is -1.13. The van der Waals surface area contributed by atoms with Crippen LogP contribution in [0.1, 0.15) is 50.0 Å². The van der Waals surface area contributed by atoms with E-state index in [4.69, 9.17) is 4.42 Å². The van der Waals surface area contributed by atoms with E-state index in [2.05, 4.69) is 24.5 Å². The van der Waals surface area contributed by atoms with E-state index in [0.717, 1.165) is 34.0 Å². The third kappa shape index (κ3) is 3.84. The lowest BCUT2D eigenvalue weighted by Crippen LogP contribution is -2.37. The number of sulfonamides is 1. The van der Waals surface area contributed by atoms with Crippen LogP contribution in [-0.2, 0) is 10.0 Å². The molecule has 1 fully saturated rings. The minimum absolute atomic E-state index is 0.00168. The Kier molecular flexibility index (Phi) is 5.68. The average Bonchev–Trinajstić information content (AvgIpc) is 3.32. The van der Waals surface area contributed by atoms with Crippen LogP contribution in [0.25, 0.3) is 0 Å². The molecule has 9 nitrogen and oxygen atoms in total. The number of anilines is 3. The minimum atomic E-state index is -3.85. The number of nitrogens with one attached hydrogen (secondary N) is 2. The first-order chi connectivity index (χ1) is 15.0. The van der Waals surface area contributed by atoms with E-state index in [9.17, 15) is 23.1 Å². The highest BCUT2D eigenvalue weighted by molar-refractivity contribution is 7.91. The molecule has 1 aliphatic carbocycles. The molecule has 3 aromatic rings. The number of hydrogen-bond donors (Lipinski definition) is 3. The molecule has 1 aromatic carbocycles. The van der Waals surface area contributed by atoms with Crippen molar-refractivity contribution in [1.29, 1.82) is 0 Å². The summed E-state index contributed by atoms with van der Waals surface area (Å²) in [6.45, 7) is 4.12. The van der Waals surface area contributed by atoms with Crippen LogP contribution in [0.4, 0.5) is 17.1 Å². The predicted octanol–water partition coefficient (Wildman–Crippen LogP) is 3.32. The van der Waals surface area contributed by atoms with Gasteiger partial charge < -0.3 is 20.2 Å². The minimum Gasteiger partial charge on any atom is -0.504 e. The van der Waals surface area contributed by atoms with Gasteiger partial charge in [-0.15, -0.1) is 11.3 Å². The molecular formula is C21H25N3O6S2. The van der Waals surface area contributed by atoms with E-state index in [1.807, 2.05) is 6.07 Å². The van der Waals surface area contributed by atoms with E-state index in [1.54, 1.807) is 6.26 Å². The van der Waals surface area contributed by atoms with Gasteiger partial charge in [-0.25, -0.2) is 12.7 Å².